The Morgan fingerprint density at radius 1 is 1.12 bits per heavy atom. The van der Waals surface area contributed by atoms with Gasteiger partial charge < -0.3 is 39.1 Å². The lowest BCUT2D eigenvalue weighted by Crippen LogP contribution is -2.50. The SMILES string of the molecule is C/C(=C\C=C\[C@@H](C)COC(=O)N1CCCC1)[C@H]1OC(=O)C[C@@H](O)CC[C@](C)(O)[C@@H](OC(=O)N2CCN(C)CC2)/C=C/[C@@H]1C. The van der Waals surface area contributed by atoms with Crippen molar-refractivity contribution < 1.29 is 38.8 Å². The molecule has 3 aliphatic rings. The number of aliphatic hydroxyl groups excluding tert-OH is 1. The summed E-state index contributed by atoms with van der Waals surface area (Å²) in [5.74, 6) is -0.875. The Hall–Kier alpha value is -2.89. The molecule has 0 aromatic heterocycles. The molecule has 2 saturated heterocycles. The molecule has 0 aromatic rings. The molecule has 43 heavy (non-hydrogen) atoms. The number of amides is 2. The van der Waals surface area contributed by atoms with Crippen molar-refractivity contribution in [3.8, 4) is 0 Å². The summed E-state index contributed by atoms with van der Waals surface area (Å²) in [5, 5.41) is 21.9. The highest BCUT2D eigenvalue weighted by atomic mass is 16.6. The number of likely N-dealkylation sites (tertiary alicyclic amines) is 1. The number of rotatable bonds is 6. The quantitative estimate of drug-likeness (QED) is 0.202. The number of allylic oxidation sites excluding steroid dienone is 2. The van der Waals surface area contributed by atoms with Gasteiger partial charge in [0.05, 0.1) is 19.1 Å². The molecule has 2 N–H and O–H groups in total. The Labute approximate surface area is 256 Å². The predicted octanol–water partition coefficient (Wildman–Crippen LogP) is 3.51. The Balaban J connectivity index is 1.71. The molecule has 0 spiro atoms. The molecule has 2 amide bonds. The molecule has 6 atom stereocenters. The average molecular weight is 606 g/mol. The van der Waals surface area contributed by atoms with E-state index in [4.69, 9.17) is 14.2 Å². The van der Waals surface area contributed by atoms with Gasteiger partial charge in [-0.25, -0.2) is 9.59 Å². The van der Waals surface area contributed by atoms with Crippen LogP contribution in [0.4, 0.5) is 9.59 Å². The molecule has 0 aliphatic carbocycles. The minimum Gasteiger partial charge on any atom is -0.457 e. The molecular weight excluding hydrogens is 554 g/mol. The number of aliphatic hydroxyl groups is 2. The van der Waals surface area contributed by atoms with Crippen LogP contribution in [0.5, 0.6) is 0 Å². The molecule has 242 valence electrons. The molecule has 11 heteroatoms. The van der Waals surface area contributed by atoms with Crippen LogP contribution in [0.3, 0.4) is 0 Å². The second kappa shape index (κ2) is 16.3. The van der Waals surface area contributed by atoms with Crippen LogP contribution in [0.2, 0.25) is 0 Å². The molecule has 0 aromatic carbocycles. The second-order valence-corrected chi connectivity index (χ2v) is 12.5. The third kappa shape index (κ3) is 11.0. The van der Waals surface area contributed by atoms with E-state index >= 15 is 0 Å². The van der Waals surface area contributed by atoms with Crippen molar-refractivity contribution in [3.05, 3.63) is 36.0 Å². The van der Waals surface area contributed by atoms with Crippen LogP contribution in [0.1, 0.15) is 59.8 Å². The normalized spacial score (nSPS) is 31.6. The third-order valence-electron chi connectivity index (χ3n) is 8.40. The van der Waals surface area contributed by atoms with Crippen molar-refractivity contribution in [2.24, 2.45) is 11.8 Å². The molecule has 11 nitrogen and oxygen atoms in total. The van der Waals surface area contributed by atoms with Gasteiger partial charge in [0.2, 0.25) is 0 Å². The summed E-state index contributed by atoms with van der Waals surface area (Å²) in [5.41, 5.74) is -0.688. The van der Waals surface area contributed by atoms with Crippen LogP contribution in [0.15, 0.2) is 36.0 Å². The number of hydrogen-bond acceptors (Lipinski definition) is 9. The summed E-state index contributed by atoms with van der Waals surface area (Å²) in [7, 11) is 2.00. The standard InChI is InChI=1S/C32H51N3O8/c1-23(22-41-30(38)34-15-6-7-16-34)9-8-10-24(2)29-25(3)11-12-27(42-31(39)35-19-17-33(5)18-20-35)32(4,40)14-13-26(36)21-28(37)43-29/h8-12,23,25-27,29,36,40H,6-7,13-22H2,1-5H3/b9-8+,12-11+,24-10+/t23-,25+,26+,27+,29-,32+/m1/s1. The molecule has 0 unspecified atom stereocenters. The van der Waals surface area contributed by atoms with Crippen molar-refractivity contribution in [1.29, 1.82) is 0 Å². The first kappa shape index (κ1) is 34.6. The fourth-order valence-corrected chi connectivity index (χ4v) is 5.36. The molecule has 0 radical (unpaired) electrons. The van der Waals surface area contributed by atoms with Gasteiger partial charge in [0.15, 0.2) is 6.10 Å². The number of piperazine rings is 1. The van der Waals surface area contributed by atoms with E-state index < -0.39 is 36.0 Å². The van der Waals surface area contributed by atoms with Gasteiger partial charge in [-0.3, -0.25) is 4.79 Å². The van der Waals surface area contributed by atoms with Gasteiger partial charge in [-0.15, -0.1) is 0 Å². The Bertz CT molecular complexity index is 1030. The summed E-state index contributed by atoms with van der Waals surface area (Å²) in [6.45, 7) is 11.6. The van der Waals surface area contributed by atoms with Gasteiger partial charge in [0, 0.05) is 51.1 Å². The Kier molecular flexibility index (Phi) is 13.1. The first-order chi connectivity index (χ1) is 20.4. The number of ether oxygens (including phenoxy) is 3. The first-order valence-electron chi connectivity index (χ1n) is 15.5. The van der Waals surface area contributed by atoms with Gasteiger partial charge in [-0.05, 0) is 58.2 Å². The van der Waals surface area contributed by atoms with E-state index in [0.717, 1.165) is 44.6 Å². The minimum atomic E-state index is -1.46. The molecule has 3 heterocycles. The molecule has 3 aliphatic heterocycles. The Morgan fingerprint density at radius 2 is 1.77 bits per heavy atom. The number of nitrogens with zero attached hydrogens (tertiary/aromatic N) is 3. The predicted molar refractivity (Wildman–Crippen MR) is 162 cm³/mol. The lowest BCUT2D eigenvalue weighted by atomic mass is 9.89. The zero-order chi connectivity index (χ0) is 31.6. The van der Waals surface area contributed by atoms with Gasteiger partial charge in [-0.2, -0.15) is 0 Å². The van der Waals surface area contributed by atoms with Crippen molar-refractivity contribution in [1.82, 2.24) is 14.7 Å². The molecule has 2 fully saturated rings. The Morgan fingerprint density at radius 3 is 2.44 bits per heavy atom. The summed E-state index contributed by atoms with van der Waals surface area (Å²) in [4.78, 5) is 43.4. The van der Waals surface area contributed by atoms with E-state index in [9.17, 15) is 24.6 Å². The maximum absolute atomic E-state index is 13.0. The third-order valence-corrected chi connectivity index (χ3v) is 8.40. The van der Waals surface area contributed by atoms with Gasteiger partial charge in [-0.1, -0.05) is 38.2 Å². The fourth-order valence-electron chi connectivity index (χ4n) is 5.36. The van der Waals surface area contributed by atoms with Gasteiger partial charge in [0.25, 0.3) is 0 Å². The van der Waals surface area contributed by atoms with Crippen molar-refractivity contribution in [3.63, 3.8) is 0 Å². The number of carbonyl (C=O) groups is 3. The summed E-state index contributed by atoms with van der Waals surface area (Å²) >= 11 is 0. The lowest BCUT2D eigenvalue weighted by molar-refractivity contribution is -0.151. The fraction of sp³-hybridized carbons (Fsp3) is 0.719. The maximum Gasteiger partial charge on any atom is 0.410 e. The highest BCUT2D eigenvalue weighted by molar-refractivity contribution is 5.70. The number of likely N-dealkylation sites (N-methyl/N-ethyl adjacent to an activating group) is 1. The van der Waals surface area contributed by atoms with Crippen LogP contribution >= 0.6 is 0 Å². The highest BCUT2D eigenvalue weighted by Crippen LogP contribution is 2.27. The molecule has 0 bridgehead atoms. The van der Waals surface area contributed by atoms with Crippen LogP contribution in [-0.2, 0) is 19.0 Å². The van der Waals surface area contributed by atoms with Crippen molar-refractivity contribution in [2.45, 2.75) is 83.7 Å². The zero-order valence-corrected chi connectivity index (χ0v) is 26.4. The van der Waals surface area contributed by atoms with Gasteiger partial charge in [0.1, 0.15) is 11.7 Å². The van der Waals surface area contributed by atoms with Crippen LogP contribution < -0.4 is 0 Å². The van der Waals surface area contributed by atoms with Crippen molar-refractivity contribution in [2.75, 3.05) is 52.9 Å². The number of cyclic esters (lactones) is 1. The van der Waals surface area contributed by atoms with E-state index in [1.165, 1.54) is 0 Å². The number of carbonyl (C=O) groups excluding carboxylic acids is 3. The minimum absolute atomic E-state index is 0.0140. The smallest absolute Gasteiger partial charge is 0.410 e. The van der Waals surface area contributed by atoms with Crippen LogP contribution in [0, 0.1) is 11.8 Å². The summed E-state index contributed by atoms with van der Waals surface area (Å²) < 4.78 is 17.1. The number of hydrogen-bond donors (Lipinski definition) is 2. The highest BCUT2D eigenvalue weighted by Gasteiger charge is 2.36. The molecule has 0 saturated carbocycles. The van der Waals surface area contributed by atoms with Crippen LogP contribution in [0.25, 0.3) is 0 Å². The number of esters is 1. The lowest BCUT2D eigenvalue weighted by Gasteiger charge is -2.36. The topological polar surface area (TPSA) is 129 Å². The monoisotopic (exact) mass is 605 g/mol. The van der Waals surface area contributed by atoms with Crippen LogP contribution in [-0.4, -0.2) is 120 Å². The second-order valence-electron chi connectivity index (χ2n) is 12.5. The largest absolute Gasteiger partial charge is 0.457 e. The van der Waals surface area contributed by atoms with E-state index in [2.05, 4.69) is 4.90 Å². The maximum atomic E-state index is 13.0. The van der Waals surface area contributed by atoms with E-state index in [-0.39, 0.29) is 43.8 Å². The molecule has 3 rings (SSSR count). The van der Waals surface area contributed by atoms with Gasteiger partial charge >= 0.3 is 18.2 Å². The van der Waals surface area contributed by atoms with E-state index in [0.29, 0.717) is 13.1 Å². The van der Waals surface area contributed by atoms with Crippen molar-refractivity contribution >= 4 is 18.2 Å². The van der Waals surface area contributed by atoms with E-state index in [1.807, 2.05) is 46.0 Å². The average Bonchev–Trinajstić information content (AvgIpc) is 3.50. The summed E-state index contributed by atoms with van der Waals surface area (Å²) in [6.07, 6.45) is 7.76. The molecular formula is C32H51N3O8. The summed E-state index contributed by atoms with van der Waals surface area (Å²) in [6, 6.07) is 0. The zero-order valence-electron chi connectivity index (χ0n) is 26.4. The first-order valence-corrected chi connectivity index (χ1v) is 15.5. The van der Waals surface area contributed by atoms with E-state index in [1.54, 1.807) is 28.9 Å².